The normalized spacial score (nSPS) is 13.7. The Hall–Kier alpha value is -1.56. The molecule has 0 heteroatoms. The van der Waals surface area contributed by atoms with E-state index in [-0.39, 0.29) is 0 Å². The van der Waals surface area contributed by atoms with Gasteiger partial charge >= 0.3 is 0 Å². The maximum Gasteiger partial charge on any atom is -0.00734 e. The first-order valence-electron chi connectivity index (χ1n) is 5.98. The molecule has 0 amide bonds. The highest BCUT2D eigenvalue weighted by atomic mass is 14.2. The van der Waals surface area contributed by atoms with E-state index < -0.39 is 0 Å². The molecule has 3 rings (SSSR count). The molecular weight excluding hydrogens is 192 g/mol. The molecule has 0 atom stereocenters. The molecule has 0 spiro atoms. The Bertz CT molecular complexity index is 574. The highest BCUT2D eigenvalue weighted by molar-refractivity contribution is 5.96. The Morgan fingerprint density at radius 3 is 2.75 bits per heavy atom. The van der Waals surface area contributed by atoms with Crippen LogP contribution in [0.2, 0.25) is 0 Å². The van der Waals surface area contributed by atoms with Crippen molar-refractivity contribution in [2.24, 2.45) is 0 Å². The van der Waals surface area contributed by atoms with Crippen LogP contribution in [0.25, 0.3) is 16.8 Å². The molecule has 0 saturated carbocycles. The van der Waals surface area contributed by atoms with Crippen molar-refractivity contribution in [1.82, 2.24) is 0 Å². The van der Waals surface area contributed by atoms with Crippen LogP contribution in [-0.4, -0.2) is 0 Å². The molecule has 0 bridgehead atoms. The third-order valence-corrected chi connectivity index (χ3v) is 3.45. The average molecular weight is 208 g/mol. The zero-order chi connectivity index (χ0) is 11.1. The SMILES string of the molecule is CC(C)c1ccc2cccc3c2c1C=CC3. The molecule has 0 aliphatic heterocycles. The van der Waals surface area contributed by atoms with E-state index in [9.17, 15) is 0 Å². The Kier molecular flexibility index (Phi) is 2.10. The van der Waals surface area contributed by atoms with Gasteiger partial charge in [-0.15, -0.1) is 0 Å². The van der Waals surface area contributed by atoms with Crippen molar-refractivity contribution >= 4 is 16.8 Å². The van der Waals surface area contributed by atoms with Gasteiger partial charge in [0.05, 0.1) is 0 Å². The molecule has 16 heavy (non-hydrogen) atoms. The zero-order valence-corrected chi connectivity index (χ0v) is 9.83. The van der Waals surface area contributed by atoms with E-state index in [0.29, 0.717) is 5.92 Å². The fourth-order valence-electron chi connectivity index (χ4n) is 2.66. The van der Waals surface area contributed by atoms with Gasteiger partial charge in [0, 0.05) is 0 Å². The van der Waals surface area contributed by atoms with Gasteiger partial charge in [-0.1, -0.05) is 56.3 Å². The van der Waals surface area contributed by atoms with Gasteiger partial charge in [-0.25, -0.2) is 0 Å². The molecule has 2 aromatic carbocycles. The van der Waals surface area contributed by atoms with Crippen LogP contribution in [0, 0.1) is 0 Å². The molecule has 0 N–H and O–H groups in total. The van der Waals surface area contributed by atoms with E-state index in [0.717, 1.165) is 6.42 Å². The second-order valence-electron chi connectivity index (χ2n) is 4.84. The molecule has 0 aromatic heterocycles. The van der Waals surface area contributed by atoms with Gasteiger partial charge in [0.15, 0.2) is 0 Å². The second-order valence-corrected chi connectivity index (χ2v) is 4.84. The van der Waals surface area contributed by atoms with Crippen molar-refractivity contribution in [3.05, 3.63) is 53.1 Å². The largest absolute Gasteiger partial charge is 0.0795 e. The van der Waals surface area contributed by atoms with Crippen LogP contribution in [0.4, 0.5) is 0 Å². The summed E-state index contributed by atoms with van der Waals surface area (Å²) in [5.41, 5.74) is 4.38. The fourth-order valence-corrected chi connectivity index (χ4v) is 2.66. The quantitative estimate of drug-likeness (QED) is 0.645. The van der Waals surface area contributed by atoms with Gasteiger partial charge in [0.2, 0.25) is 0 Å². The Labute approximate surface area is 96.6 Å². The first-order valence-corrected chi connectivity index (χ1v) is 5.98. The minimum absolute atomic E-state index is 0.593. The lowest BCUT2D eigenvalue weighted by atomic mass is 9.86. The molecule has 0 fully saturated rings. The number of allylic oxidation sites excluding steroid dienone is 1. The summed E-state index contributed by atoms with van der Waals surface area (Å²) in [6.07, 6.45) is 5.65. The summed E-state index contributed by atoms with van der Waals surface area (Å²) in [6.45, 7) is 4.53. The minimum Gasteiger partial charge on any atom is -0.0795 e. The maximum absolute atomic E-state index is 2.30. The summed E-state index contributed by atoms with van der Waals surface area (Å²) >= 11 is 0. The molecule has 0 radical (unpaired) electrons. The van der Waals surface area contributed by atoms with Crippen molar-refractivity contribution in [3.63, 3.8) is 0 Å². The Morgan fingerprint density at radius 2 is 1.94 bits per heavy atom. The van der Waals surface area contributed by atoms with Crippen molar-refractivity contribution in [2.45, 2.75) is 26.2 Å². The van der Waals surface area contributed by atoms with Crippen LogP contribution in [0.3, 0.4) is 0 Å². The number of hydrogen-bond acceptors (Lipinski definition) is 0. The molecule has 2 aromatic rings. The van der Waals surface area contributed by atoms with Crippen LogP contribution in [0.1, 0.15) is 36.5 Å². The van der Waals surface area contributed by atoms with E-state index in [4.69, 9.17) is 0 Å². The molecule has 0 heterocycles. The summed E-state index contributed by atoms with van der Waals surface area (Å²) in [5.74, 6) is 0.593. The lowest BCUT2D eigenvalue weighted by molar-refractivity contribution is 0.865. The molecule has 0 unspecified atom stereocenters. The molecule has 0 nitrogen and oxygen atoms in total. The van der Waals surface area contributed by atoms with Gasteiger partial charge in [0.1, 0.15) is 0 Å². The first-order chi connectivity index (χ1) is 7.77. The number of rotatable bonds is 1. The fraction of sp³-hybridized carbons (Fsp3) is 0.250. The van der Waals surface area contributed by atoms with Crippen molar-refractivity contribution < 1.29 is 0 Å². The lowest BCUT2D eigenvalue weighted by Gasteiger charge is -2.18. The van der Waals surface area contributed by atoms with Crippen LogP contribution in [-0.2, 0) is 6.42 Å². The number of benzene rings is 2. The van der Waals surface area contributed by atoms with Crippen molar-refractivity contribution in [2.75, 3.05) is 0 Å². The van der Waals surface area contributed by atoms with E-state index in [1.165, 1.54) is 27.5 Å². The standard InChI is InChI=1S/C16H16/c1-11(2)14-10-9-13-6-3-5-12-7-4-8-15(14)16(12)13/h3-6,8-11H,7H2,1-2H3. The third-order valence-electron chi connectivity index (χ3n) is 3.45. The molecular formula is C16H16. The minimum atomic E-state index is 0.593. The van der Waals surface area contributed by atoms with Crippen molar-refractivity contribution in [1.29, 1.82) is 0 Å². The molecule has 1 aliphatic rings. The third kappa shape index (κ3) is 1.30. The smallest absolute Gasteiger partial charge is 0.00734 e. The predicted octanol–water partition coefficient (Wildman–Crippen LogP) is 4.53. The monoisotopic (exact) mass is 208 g/mol. The topological polar surface area (TPSA) is 0 Å². The van der Waals surface area contributed by atoms with E-state index in [1.807, 2.05) is 0 Å². The summed E-state index contributed by atoms with van der Waals surface area (Å²) in [6, 6.07) is 11.2. The second kappa shape index (κ2) is 3.48. The van der Waals surface area contributed by atoms with E-state index >= 15 is 0 Å². The van der Waals surface area contributed by atoms with Crippen LogP contribution < -0.4 is 0 Å². The first kappa shape index (κ1) is 9.65. The summed E-state index contributed by atoms with van der Waals surface area (Å²) in [4.78, 5) is 0. The Balaban J connectivity index is 2.44. The van der Waals surface area contributed by atoms with E-state index in [2.05, 4.69) is 56.3 Å². The lowest BCUT2D eigenvalue weighted by Crippen LogP contribution is -1.98. The summed E-state index contributed by atoms with van der Waals surface area (Å²) in [5, 5.41) is 2.84. The highest BCUT2D eigenvalue weighted by Gasteiger charge is 2.13. The zero-order valence-electron chi connectivity index (χ0n) is 9.83. The summed E-state index contributed by atoms with van der Waals surface area (Å²) < 4.78 is 0. The van der Waals surface area contributed by atoms with Crippen LogP contribution >= 0.6 is 0 Å². The Morgan fingerprint density at radius 1 is 1.06 bits per heavy atom. The van der Waals surface area contributed by atoms with Gasteiger partial charge < -0.3 is 0 Å². The van der Waals surface area contributed by atoms with Crippen LogP contribution in [0.5, 0.6) is 0 Å². The van der Waals surface area contributed by atoms with Gasteiger partial charge in [-0.05, 0) is 39.8 Å². The van der Waals surface area contributed by atoms with Gasteiger partial charge in [0.25, 0.3) is 0 Å². The van der Waals surface area contributed by atoms with Gasteiger partial charge in [-0.2, -0.15) is 0 Å². The van der Waals surface area contributed by atoms with Crippen LogP contribution in [0.15, 0.2) is 36.4 Å². The average Bonchev–Trinajstić information content (AvgIpc) is 2.30. The highest BCUT2D eigenvalue weighted by Crippen LogP contribution is 2.33. The van der Waals surface area contributed by atoms with E-state index in [1.54, 1.807) is 0 Å². The molecule has 0 saturated heterocycles. The summed E-state index contributed by atoms with van der Waals surface area (Å²) in [7, 11) is 0. The molecule has 1 aliphatic carbocycles. The van der Waals surface area contributed by atoms with Crippen molar-refractivity contribution in [3.8, 4) is 0 Å². The number of hydrogen-bond donors (Lipinski definition) is 0. The van der Waals surface area contributed by atoms with Gasteiger partial charge in [-0.3, -0.25) is 0 Å². The molecule has 80 valence electrons. The predicted molar refractivity (Wildman–Crippen MR) is 70.8 cm³/mol. The maximum atomic E-state index is 2.30.